The maximum Gasteiger partial charge on any atom is 0.322 e. The Hall–Kier alpha value is -1.88. The van der Waals surface area contributed by atoms with Gasteiger partial charge in [0.05, 0.1) is 12.1 Å². The zero-order valence-corrected chi connectivity index (χ0v) is 10.4. The second kappa shape index (κ2) is 6.16. The van der Waals surface area contributed by atoms with Crippen molar-refractivity contribution in [2.75, 3.05) is 0 Å². The van der Waals surface area contributed by atoms with Crippen molar-refractivity contribution in [1.82, 2.24) is 0 Å². The predicted octanol–water partition coefficient (Wildman–Crippen LogP) is 1.34. The van der Waals surface area contributed by atoms with Crippen molar-refractivity contribution >= 4 is 11.9 Å². The van der Waals surface area contributed by atoms with E-state index < -0.39 is 23.9 Å². The molecular weight excluding hydrogens is 234 g/mol. The Morgan fingerprint density at radius 3 is 2.22 bits per heavy atom. The van der Waals surface area contributed by atoms with E-state index in [1.54, 1.807) is 44.2 Å². The number of rotatable bonds is 5. The lowest BCUT2D eigenvalue weighted by Gasteiger charge is -2.20. The lowest BCUT2D eigenvalue weighted by Crippen LogP contribution is -2.36. The molecule has 0 aromatic heterocycles. The first-order valence-corrected chi connectivity index (χ1v) is 5.67. The van der Waals surface area contributed by atoms with Crippen LogP contribution in [0.1, 0.15) is 25.5 Å². The van der Waals surface area contributed by atoms with Gasteiger partial charge >= 0.3 is 11.9 Å². The van der Waals surface area contributed by atoms with Crippen LogP contribution in [-0.4, -0.2) is 23.1 Å². The molecule has 5 heteroatoms. The largest absolute Gasteiger partial charge is 0.481 e. The lowest BCUT2D eigenvalue weighted by molar-refractivity contribution is -0.162. The Kier molecular flexibility index (Phi) is 4.85. The molecule has 0 heterocycles. The Balaban J connectivity index is 2.92. The summed E-state index contributed by atoms with van der Waals surface area (Å²) in [7, 11) is 0. The Labute approximate surface area is 106 Å². The molecule has 2 unspecified atom stereocenters. The van der Waals surface area contributed by atoms with Crippen LogP contribution in [0, 0.1) is 5.92 Å². The molecule has 0 aliphatic carbocycles. The van der Waals surface area contributed by atoms with E-state index in [4.69, 9.17) is 15.6 Å². The number of carbonyl (C=O) groups excluding carboxylic acids is 1. The molecule has 0 bridgehead atoms. The van der Waals surface area contributed by atoms with E-state index in [1.165, 1.54) is 0 Å². The molecular formula is C13H17NO4. The van der Waals surface area contributed by atoms with Crippen LogP contribution >= 0.6 is 0 Å². The quantitative estimate of drug-likeness (QED) is 0.609. The first kappa shape index (κ1) is 14.2. The minimum absolute atomic E-state index is 0.373. The maximum atomic E-state index is 11.7. The number of esters is 1. The second-order valence-corrected chi connectivity index (χ2v) is 4.24. The smallest absolute Gasteiger partial charge is 0.322 e. The van der Waals surface area contributed by atoms with E-state index in [-0.39, 0.29) is 6.10 Å². The summed E-state index contributed by atoms with van der Waals surface area (Å²) in [5, 5.41) is 9.11. The summed E-state index contributed by atoms with van der Waals surface area (Å²) in [6.07, 6.45) is -0.373. The van der Waals surface area contributed by atoms with Crippen LogP contribution in [0.15, 0.2) is 30.3 Å². The van der Waals surface area contributed by atoms with E-state index in [0.717, 1.165) is 0 Å². The van der Waals surface area contributed by atoms with Crippen molar-refractivity contribution in [2.24, 2.45) is 11.7 Å². The molecule has 98 valence electrons. The summed E-state index contributed by atoms with van der Waals surface area (Å²) in [5.74, 6) is -3.49. The number of hydrogen-bond donors (Lipinski definition) is 2. The minimum Gasteiger partial charge on any atom is -0.481 e. The number of hydrogen-bond acceptors (Lipinski definition) is 4. The van der Waals surface area contributed by atoms with Crippen LogP contribution in [0.25, 0.3) is 0 Å². The highest BCUT2D eigenvalue weighted by atomic mass is 16.5. The van der Waals surface area contributed by atoms with Crippen molar-refractivity contribution < 1.29 is 19.4 Å². The Morgan fingerprint density at radius 2 is 1.78 bits per heavy atom. The molecule has 1 aromatic rings. The molecule has 0 aliphatic heterocycles. The molecule has 1 aromatic carbocycles. The van der Waals surface area contributed by atoms with Gasteiger partial charge in [0.1, 0.15) is 0 Å². The third kappa shape index (κ3) is 3.56. The summed E-state index contributed by atoms with van der Waals surface area (Å²) in [6.45, 7) is 3.32. The van der Waals surface area contributed by atoms with Crippen molar-refractivity contribution in [3.8, 4) is 0 Å². The molecule has 2 atom stereocenters. The summed E-state index contributed by atoms with van der Waals surface area (Å²) in [6, 6.07) is 7.71. The number of aliphatic carboxylic acids is 1. The number of nitrogens with two attached hydrogens (primary N) is 1. The Bertz CT molecular complexity index is 416. The van der Waals surface area contributed by atoms with Gasteiger partial charge in [0.15, 0.2) is 5.92 Å². The topological polar surface area (TPSA) is 89.6 Å². The van der Waals surface area contributed by atoms with Crippen LogP contribution in [0.5, 0.6) is 0 Å². The van der Waals surface area contributed by atoms with Gasteiger partial charge in [0.25, 0.3) is 0 Å². The molecule has 0 aliphatic rings. The SMILES string of the molecule is CC(C)OC(=O)C(C(=O)O)C(N)c1ccccc1. The van der Waals surface area contributed by atoms with Gasteiger partial charge in [0, 0.05) is 0 Å². The normalized spacial score (nSPS) is 14.0. The molecule has 5 nitrogen and oxygen atoms in total. The fraction of sp³-hybridized carbons (Fsp3) is 0.385. The van der Waals surface area contributed by atoms with Crippen molar-refractivity contribution in [1.29, 1.82) is 0 Å². The first-order chi connectivity index (χ1) is 8.43. The zero-order valence-electron chi connectivity index (χ0n) is 10.4. The predicted molar refractivity (Wildman–Crippen MR) is 65.7 cm³/mol. The lowest BCUT2D eigenvalue weighted by atomic mass is 9.94. The van der Waals surface area contributed by atoms with Gasteiger partial charge in [-0.15, -0.1) is 0 Å². The molecule has 0 saturated carbocycles. The molecule has 0 fully saturated rings. The number of ether oxygens (including phenoxy) is 1. The van der Waals surface area contributed by atoms with Crippen LogP contribution in [-0.2, 0) is 14.3 Å². The summed E-state index contributed by atoms with van der Waals surface area (Å²) >= 11 is 0. The van der Waals surface area contributed by atoms with E-state index in [0.29, 0.717) is 5.56 Å². The highest BCUT2D eigenvalue weighted by Gasteiger charge is 2.35. The highest BCUT2D eigenvalue weighted by Crippen LogP contribution is 2.21. The van der Waals surface area contributed by atoms with Gasteiger partial charge in [-0.1, -0.05) is 30.3 Å². The fourth-order valence-electron chi connectivity index (χ4n) is 1.57. The third-order valence-corrected chi connectivity index (χ3v) is 2.42. The van der Waals surface area contributed by atoms with Crippen LogP contribution in [0.3, 0.4) is 0 Å². The number of carboxylic acid groups (broad SMARTS) is 1. The highest BCUT2D eigenvalue weighted by molar-refractivity contribution is 5.95. The average Bonchev–Trinajstić information content (AvgIpc) is 2.28. The van der Waals surface area contributed by atoms with Crippen molar-refractivity contribution in [2.45, 2.75) is 26.0 Å². The summed E-state index contributed by atoms with van der Waals surface area (Å²) < 4.78 is 4.92. The molecule has 3 N–H and O–H groups in total. The van der Waals surface area contributed by atoms with E-state index in [2.05, 4.69) is 0 Å². The summed E-state index contributed by atoms with van der Waals surface area (Å²) in [4.78, 5) is 22.9. The van der Waals surface area contributed by atoms with Crippen LogP contribution in [0.2, 0.25) is 0 Å². The Morgan fingerprint density at radius 1 is 1.22 bits per heavy atom. The van der Waals surface area contributed by atoms with Gasteiger partial charge in [-0.05, 0) is 19.4 Å². The third-order valence-electron chi connectivity index (χ3n) is 2.42. The van der Waals surface area contributed by atoms with Crippen LogP contribution < -0.4 is 5.73 Å². The van der Waals surface area contributed by atoms with Crippen molar-refractivity contribution in [3.05, 3.63) is 35.9 Å². The van der Waals surface area contributed by atoms with Gasteiger partial charge in [-0.3, -0.25) is 9.59 Å². The van der Waals surface area contributed by atoms with E-state index >= 15 is 0 Å². The summed E-state index contributed by atoms with van der Waals surface area (Å²) in [5.41, 5.74) is 6.42. The first-order valence-electron chi connectivity index (χ1n) is 5.67. The monoisotopic (exact) mass is 251 g/mol. The average molecular weight is 251 g/mol. The van der Waals surface area contributed by atoms with Gasteiger partial charge in [-0.2, -0.15) is 0 Å². The van der Waals surface area contributed by atoms with Gasteiger partial charge < -0.3 is 15.6 Å². The standard InChI is InChI=1S/C13H17NO4/c1-8(2)18-13(17)10(12(15)16)11(14)9-6-4-3-5-7-9/h3-8,10-11H,14H2,1-2H3,(H,15,16). The number of carboxylic acids is 1. The maximum absolute atomic E-state index is 11.7. The minimum atomic E-state index is -1.39. The molecule has 1 rings (SSSR count). The fourth-order valence-corrected chi connectivity index (χ4v) is 1.57. The second-order valence-electron chi connectivity index (χ2n) is 4.24. The van der Waals surface area contributed by atoms with Gasteiger partial charge in [0.2, 0.25) is 0 Å². The molecule has 18 heavy (non-hydrogen) atoms. The molecule has 0 saturated heterocycles. The molecule has 0 amide bonds. The van der Waals surface area contributed by atoms with Gasteiger partial charge in [-0.25, -0.2) is 0 Å². The van der Waals surface area contributed by atoms with E-state index in [9.17, 15) is 9.59 Å². The van der Waals surface area contributed by atoms with Crippen molar-refractivity contribution in [3.63, 3.8) is 0 Å². The number of carbonyl (C=O) groups is 2. The molecule has 0 radical (unpaired) electrons. The van der Waals surface area contributed by atoms with Crippen LogP contribution in [0.4, 0.5) is 0 Å². The van der Waals surface area contributed by atoms with E-state index in [1.807, 2.05) is 0 Å². The molecule has 0 spiro atoms. The number of benzene rings is 1. The zero-order chi connectivity index (χ0) is 13.7.